The molecule has 8 heteroatoms. The Morgan fingerprint density at radius 1 is 0.567 bits per heavy atom. The van der Waals surface area contributed by atoms with Crippen molar-refractivity contribution in [3.63, 3.8) is 0 Å². The number of phenolic OH excluding ortho intramolecular Hbond substituents is 1. The van der Waals surface area contributed by atoms with Gasteiger partial charge in [-0.1, -0.05) is 168 Å². The topological polar surface area (TPSA) is 108 Å². The lowest BCUT2D eigenvalue weighted by atomic mass is 9.86. The lowest BCUT2D eigenvalue weighted by Crippen LogP contribution is -2.04. The third-order valence-corrected chi connectivity index (χ3v) is 15.0. The Morgan fingerprint density at radius 3 is 1.58 bits per heavy atom. The number of phenols is 1. The van der Waals surface area contributed by atoms with Crippen molar-refractivity contribution in [3.8, 4) is 28.0 Å². The van der Waals surface area contributed by atoms with Crippen molar-refractivity contribution in [2.45, 2.75) is 218 Å². The van der Waals surface area contributed by atoms with Gasteiger partial charge in [0, 0.05) is 34.9 Å². The SMILES string of the molecule is O=C(O)CCCCCCC/C=C\CCCCCCCCc1nc2sc(Cl)c(-c3ccc4c(c3O)CCCC4)c2c(CCCCCCCC/C=C\CCCCCCCC(=O)O)c1-c1ccccc1. The summed E-state index contributed by atoms with van der Waals surface area (Å²) in [6, 6.07) is 15.2. The van der Waals surface area contributed by atoms with Crippen LogP contribution in [0.5, 0.6) is 5.75 Å². The van der Waals surface area contributed by atoms with E-state index in [-0.39, 0.29) is 0 Å². The molecule has 0 saturated carbocycles. The molecule has 2 heterocycles. The summed E-state index contributed by atoms with van der Waals surface area (Å²) in [7, 11) is 0. The molecule has 0 fully saturated rings. The van der Waals surface area contributed by atoms with Crippen LogP contribution in [0.2, 0.25) is 4.34 Å². The van der Waals surface area contributed by atoms with Crippen molar-refractivity contribution in [2.24, 2.45) is 0 Å². The number of thiophene rings is 1. The summed E-state index contributed by atoms with van der Waals surface area (Å²) in [6.07, 6.45) is 45.8. The average Bonchev–Trinajstić information content (AvgIpc) is 3.65. The number of allylic oxidation sites excluding steroid dienone is 4. The van der Waals surface area contributed by atoms with Gasteiger partial charge in [0.05, 0.1) is 5.69 Å². The number of hydrogen-bond donors (Lipinski definition) is 3. The molecule has 0 radical (unpaired) electrons. The molecule has 0 saturated heterocycles. The van der Waals surface area contributed by atoms with Gasteiger partial charge in [-0.2, -0.15) is 0 Å². The minimum absolute atomic E-state index is 0.295. The number of hydrogen-bond acceptors (Lipinski definition) is 5. The summed E-state index contributed by atoms with van der Waals surface area (Å²) in [5.41, 5.74) is 9.20. The maximum absolute atomic E-state index is 11.9. The number of pyridine rings is 1. The molecule has 366 valence electrons. The van der Waals surface area contributed by atoms with E-state index >= 15 is 0 Å². The minimum Gasteiger partial charge on any atom is -0.507 e. The number of nitrogens with zero attached hydrogens (tertiary/aromatic N) is 1. The molecule has 0 unspecified atom stereocenters. The van der Waals surface area contributed by atoms with Gasteiger partial charge in [-0.25, -0.2) is 4.98 Å². The van der Waals surface area contributed by atoms with Crippen LogP contribution < -0.4 is 0 Å². The number of carboxylic acid groups (broad SMARTS) is 2. The van der Waals surface area contributed by atoms with Crippen molar-refractivity contribution in [1.82, 2.24) is 4.98 Å². The van der Waals surface area contributed by atoms with Crippen LogP contribution in [-0.4, -0.2) is 32.2 Å². The van der Waals surface area contributed by atoms with E-state index in [0.717, 1.165) is 136 Å². The summed E-state index contributed by atoms with van der Waals surface area (Å²) in [6.45, 7) is 0. The number of aromatic hydroxyl groups is 1. The van der Waals surface area contributed by atoms with Crippen molar-refractivity contribution in [2.75, 3.05) is 0 Å². The number of aryl methyl sites for hydroxylation is 3. The number of halogens is 1. The Hall–Kier alpha value is -3.94. The Labute approximate surface area is 412 Å². The van der Waals surface area contributed by atoms with Gasteiger partial charge in [0.25, 0.3) is 0 Å². The van der Waals surface area contributed by atoms with Crippen LogP contribution >= 0.6 is 22.9 Å². The molecular formula is C59H82ClNO5S. The monoisotopic (exact) mass is 952 g/mol. The molecule has 67 heavy (non-hydrogen) atoms. The number of fused-ring (bicyclic) bond motifs is 2. The number of aliphatic carboxylic acids is 2. The van der Waals surface area contributed by atoms with Gasteiger partial charge in [0.2, 0.25) is 0 Å². The third-order valence-electron chi connectivity index (χ3n) is 13.7. The molecule has 0 aliphatic heterocycles. The van der Waals surface area contributed by atoms with Crippen molar-refractivity contribution in [1.29, 1.82) is 0 Å². The highest BCUT2D eigenvalue weighted by Crippen LogP contribution is 2.50. The fourth-order valence-electron chi connectivity index (χ4n) is 10.00. The zero-order chi connectivity index (χ0) is 47.3. The van der Waals surface area contributed by atoms with Crippen molar-refractivity contribution in [3.05, 3.63) is 93.5 Å². The molecule has 4 aromatic rings. The first-order valence-electron chi connectivity index (χ1n) is 26.6. The molecule has 0 bridgehead atoms. The van der Waals surface area contributed by atoms with Crippen LogP contribution in [-0.2, 0) is 35.3 Å². The van der Waals surface area contributed by atoms with E-state index in [2.05, 4.69) is 66.8 Å². The number of rotatable bonds is 36. The van der Waals surface area contributed by atoms with Gasteiger partial charge >= 0.3 is 11.9 Å². The zero-order valence-electron chi connectivity index (χ0n) is 40.8. The molecule has 2 aromatic heterocycles. The molecule has 3 N–H and O–H groups in total. The number of carboxylic acids is 2. The lowest BCUT2D eigenvalue weighted by Gasteiger charge is -2.20. The van der Waals surface area contributed by atoms with Crippen molar-refractivity contribution < 1.29 is 24.9 Å². The smallest absolute Gasteiger partial charge is 0.303 e. The van der Waals surface area contributed by atoms with Crippen LogP contribution in [0.3, 0.4) is 0 Å². The molecular weight excluding hydrogens is 870 g/mol. The first-order chi connectivity index (χ1) is 32.8. The summed E-state index contributed by atoms with van der Waals surface area (Å²) < 4.78 is 0.716. The highest BCUT2D eigenvalue weighted by Gasteiger charge is 2.26. The normalized spacial score (nSPS) is 12.8. The van der Waals surface area contributed by atoms with E-state index in [9.17, 15) is 14.7 Å². The van der Waals surface area contributed by atoms with Crippen LogP contribution in [0.1, 0.15) is 215 Å². The van der Waals surface area contributed by atoms with E-state index in [4.69, 9.17) is 26.8 Å². The number of aromatic nitrogens is 1. The largest absolute Gasteiger partial charge is 0.507 e. The van der Waals surface area contributed by atoms with Gasteiger partial charge in [0.15, 0.2) is 0 Å². The average molecular weight is 953 g/mol. The quantitative estimate of drug-likeness (QED) is 0.0310. The molecule has 1 aliphatic carbocycles. The third kappa shape index (κ3) is 19.2. The zero-order valence-corrected chi connectivity index (χ0v) is 42.4. The molecule has 6 nitrogen and oxygen atoms in total. The van der Waals surface area contributed by atoms with Crippen molar-refractivity contribution >= 4 is 45.1 Å². The molecule has 0 amide bonds. The minimum atomic E-state index is -0.685. The fourth-order valence-corrected chi connectivity index (χ4v) is 11.4. The lowest BCUT2D eigenvalue weighted by molar-refractivity contribution is -0.138. The molecule has 1 aliphatic rings. The highest BCUT2D eigenvalue weighted by atomic mass is 35.5. The first kappa shape index (κ1) is 54.0. The summed E-state index contributed by atoms with van der Waals surface area (Å²) in [5, 5.41) is 30.6. The Morgan fingerprint density at radius 2 is 1.04 bits per heavy atom. The Balaban J connectivity index is 1.17. The van der Waals surface area contributed by atoms with Crippen LogP contribution in [0.15, 0.2) is 66.8 Å². The molecule has 5 rings (SSSR count). The second-order valence-corrected chi connectivity index (χ2v) is 20.8. The van der Waals surface area contributed by atoms with Gasteiger partial charge < -0.3 is 15.3 Å². The summed E-state index contributed by atoms with van der Waals surface area (Å²) in [5.74, 6) is -0.962. The van der Waals surface area contributed by atoms with Gasteiger partial charge in [-0.15, -0.1) is 11.3 Å². The first-order valence-corrected chi connectivity index (χ1v) is 27.8. The van der Waals surface area contributed by atoms with Gasteiger partial charge in [-0.3, -0.25) is 9.59 Å². The van der Waals surface area contributed by atoms with E-state index in [1.165, 1.54) is 124 Å². The predicted octanol–water partition coefficient (Wildman–Crippen LogP) is 18.2. The summed E-state index contributed by atoms with van der Waals surface area (Å²) >= 11 is 8.86. The van der Waals surface area contributed by atoms with Crippen LogP contribution in [0.25, 0.3) is 32.5 Å². The van der Waals surface area contributed by atoms with E-state index in [1.54, 1.807) is 11.3 Å². The van der Waals surface area contributed by atoms with Gasteiger partial charge in [0.1, 0.15) is 14.9 Å². The molecule has 0 atom stereocenters. The van der Waals surface area contributed by atoms with E-state index < -0.39 is 11.9 Å². The highest BCUT2D eigenvalue weighted by molar-refractivity contribution is 7.23. The second-order valence-electron chi connectivity index (χ2n) is 19.2. The van der Waals surface area contributed by atoms with E-state index in [0.29, 0.717) is 22.9 Å². The Kier molecular flexibility index (Phi) is 25.8. The summed E-state index contributed by atoms with van der Waals surface area (Å²) in [4.78, 5) is 27.8. The van der Waals surface area contributed by atoms with Crippen LogP contribution in [0, 0.1) is 0 Å². The Bertz CT molecular complexity index is 2120. The van der Waals surface area contributed by atoms with Crippen LogP contribution in [0.4, 0.5) is 0 Å². The second kappa shape index (κ2) is 32.0. The van der Waals surface area contributed by atoms with Gasteiger partial charge in [-0.05, 0) is 138 Å². The maximum Gasteiger partial charge on any atom is 0.303 e. The maximum atomic E-state index is 11.9. The molecule has 0 spiro atoms. The number of benzene rings is 2. The number of unbranched alkanes of at least 4 members (excludes halogenated alkanes) is 22. The predicted molar refractivity (Wildman–Crippen MR) is 284 cm³/mol. The fraction of sp³-hybridized carbons (Fsp3) is 0.576. The van der Waals surface area contributed by atoms with E-state index in [1.807, 2.05) is 0 Å². The molecule has 2 aromatic carbocycles. The number of carbonyl (C=O) groups is 2. The standard InChI is InChI=1S/C59H82ClNO5S/c60-58-55(50-45-44-46-36-34-35-39-48(46)57(50)66)56-49(40-30-23-19-15-11-7-3-1-5-9-13-17-21-25-32-42-52(62)63)54(47-37-28-27-29-38-47)51(61-59(56)67-58)41-31-24-20-16-12-8-4-2-6-10-14-18-22-26-33-43-53(64)65/h1-2,5-6,27-29,37-38,44-45,66H,3-4,7-26,30-36,39-43H2,(H,62,63)(H,64,65)/b5-1-,6-2-.